The number of rotatable bonds is 6. The van der Waals surface area contributed by atoms with Crippen LogP contribution in [0, 0.1) is 5.82 Å². The number of halogens is 1. The molecule has 0 aliphatic heterocycles. The molecule has 0 spiro atoms. The van der Waals surface area contributed by atoms with Crippen LogP contribution in [0.4, 0.5) is 10.1 Å². The Balaban J connectivity index is 1.61. The summed E-state index contributed by atoms with van der Waals surface area (Å²) >= 11 is 1.11. The van der Waals surface area contributed by atoms with Gasteiger partial charge in [-0.05, 0) is 53.4 Å². The van der Waals surface area contributed by atoms with Gasteiger partial charge in [0.2, 0.25) is 0 Å². The van der Waals surface area contributed by atoms with Gasteiger partial charge in [0.15, 0.2) is 0 Å². The molecular formula is C18H14FN3O3S2. The van der Waals surface area contributed by atoms with Crippen molar-refractivity contribution in [3.8, 4) is 0 Å². The van der Waals surface area contributed by atoms with Gasteiger partial charge in [0.1, 0.15) is 10.0 Å². The van der Waals surface area contributed by atoms with E-state index < -0.39 is 15.9 Å². The molecule has 3 rings (SSSR count). The molecule has 3 aromatic rings. The molecule has 0 atom stereocenters. The normalized spacial score (nSPS) is 11.4. The quantitative estimate of drug-likeness (QED) is 0.488. The fraction of sp³-hybridized carbons (Fsp3) is 0. The Morgan fingerprint density at radius 2 is 1.74 bits per heavy atom. The predicted octanol–water partition coefficient (Wildman–Crippen LogP) is 3.45. The van der Waals surface area contributed by atoms with E-state index in [2.05, 4.69) is 15.2 Å². The SMILES string of the molecule is O=C(N/N=C\c1ccc(F)cc1)c1ccc(NS(=O)(=O)c2cccs2)cc1. The van der Waals surface area contributed by atoms with Gasteiger partial charge >= 0.3 is 0 Å². The average Bonchev–Trinajstić information content (AvgIpc) is 3.19. The average molecular weight is 403 g/mol. The lowest BCUT2D eigenvalue weighted by Gasteiger charge is -2.07. The number of nitrogens with one attached hydrogen (secondary N) is 2. The minimum Gasteiger partial charge on any atom is -0.279 e. The van der Waals surface area contributed by atoms with E-state index in [1.807, 2.05) is 0 Å². The predicted molar refractivity (Wildman–Crippen MR) is 103 cm³/mol. The molecule has 0 saturated heterocycles. The highest BCUT2D eigenvalue weighted by Gasteiger charge is 2.15. The van der Waals surface area contributed by atoms with Crippen molar-refractivity contribution in [1.82, 2.24) is 5.43 Å². The number of hydrogen-bond donors (Lipinski definition) is 2. The molecular weight excluding hydrogens is 389 g/mol. The molecule has 0 saturated carbocycles. The molecule has 0 unspecified atom stereocenters. The van der Waals surface area contributed by atoms with E-state index in [1.54, 1.807) is 11.4 Å². The van der Waals surface area contributed by atoms with E-state index >= 15 is 0 Å². The number of anilines is 1. The van der Waals surface area contributed by atoms with Gasteiger partial charge in [-0.2, -0.15) is 5.10 Å². The van der Waals surface area contributed by atoms with Gasteiger partial charge in [-0.15, -0.1) is 11.3 Å². The monoisotopic (exact) mass is 403 g/mol. The minimum absolute atomic E-state index is 0.208. The second kappa shape index (κ2) is 8.11. The molecule has 1 amide bonds. The summed E-state index contributed by atoms with van der Waals surface area (Å²) in [4.78, 5) is 12.1. The smallest absolute Gasteiger partial charge is 0.271 e. The van der Waals surface area contributed by atoms with Crippen LogP contribution >= 0.6 is 11.3 Å². The van der Waals surface area contributed by atoms with Crippen LogP contribution in [0.2, 0.25) is 0 Å². The van der Waals surface area contributed by atoms with Gasteiger partial charge in [0, 0.05) is 11.3 Å². The van der Waals surface area contributed by atoms with Crippen molar-refractivity contribution in [2.45, 2.75) is 4.21 Å². The summed E-state index contributed by atoms with van der Waals surface area (Å²) in [5.41, 5.74) is 3.64. The third kappa shape index (κ3) is 4.99. The highest BCUT2D eigenvalue weighted by atomic mass is 32.2. The maximum absolute atomic E-state index is 12.8. The van der Waals surface area contributed by atoms with E-state index in [0.717, 1.165) is 11.3 Å². The lowest BCUT2D eigenvalue weighted by Crippen LogP contribution is -2.17. The molecule has 2 N–H and O–H groups in total. The largest absolute Gasteiger partial charge is 0.279 e. The maximum atomic E-state index is 12.8. The van der Waals surface area contributed by atoms with Gasteiger partial charge in [0.05, 0.1) is 6.21 Å². The summed E-state index contributed by atoms with van der Waals surface area (Å²) in [6, 6.07) is 14.7. The van der Waals surface area contributed by atoms with Crippen LogP contribution in [-0.4, -0.2) is 20.5 Å². The first kappa shape index (κ1) is 18.7. The highest BCUT2D eigenvalue weighted by molar-refractivity contribution is 7.94. The second-order valence-electron chi connectivity index (χ2n) is 5.37. The standard InChI is InChI=1S/C18H14FN3O3S2/c19-15-7-3-13(4-8-15)12-20-21-18(23)14-5-9-16(10-6-14)22-27(24,25)17-2-1-11-26-17/h1-12,22H,(H,21,23)/b20-12-. The van der Waals surface area contributed by atoms with E-state index in [9.17, 15) is 17.6 Å². The number of hydrazone groups is 1. The van der Waals surface area contributed by atoms with Crippen LogP contribution in [0.5, 0.6) is 0 Å². The first-order chi connectivity index (χ1) is 12.9. The zero-order valence-electron chi connectivity index (χ0n) is 13.8. The number of hydrogen-bond acceptors (Lipinski definition) is 5. The van der Waals surface area contributed by atoms with Gasteiger partial charge in [-0.3, -0.25) is 9.52 Å². The van der Waals surface area contributed by atoms with E-state index in [-0.39, 0.29) is 10.0 Å². The maximum Gasteiger partial charge on any atom is 0.271 e. The number of sulfonamides is 1. The fourth-order valence-electron chi connectivity index (χ4n) is 2.09. The Bertz CT molecular complexity index is 1050. The van der Waals surface area contributed by atoms with Crippen LogP contribution in [-0.2, 0) is 10.0 Å². The Morgan fingerprint density at radius 3 is 2.37 bits per heavy atom. The van der Waals surface area contributed by atoms with Crippen molar-refractivity contribution < 1.29 is 17.6 Å². The number of carbonyl (C=O) groups excluding carboxylic acids is 1. The van der Waals surface area contributed by atoms with Crippen LogP contribution in [0.3, 0.4) is 0 Å². The Morgan fingerprint density at radius 1 is 1.04 bits per heavy atom. The van der Waals surface area contributed by atoms with E-state index in [1.165, 1.54) is 60.8 Å². The Kier molecular flexibility index (Phi) is 5.63. The molecule has 2 aromatic carbocycles. The molecule has 0 aliphatic rings. The second-order valence-corrected chi connectivity index (χ2v) is 8.22. The summed E-state index contributed by atoms with van der Waals surface area (Å²) in [6.07, 6.45) is 1.39. The molecule has 0 bridgehead atoms. The molecule has 9 heteroatoms. The first-order valence-corrected chi connectivity index (χ1v) is 10.1. The lowest BCUT2D eigenvalue weighted by molar-refractivity contribution is 0.0955. The molecule has 6 nitrogen and oxygen atoms in total. The molecule has 27 heavy (non-hydrogen) atoms. The summed E-state index contributed by atoms with van der Waals surface area (Å²) < 4.78 is 39.8. The number of thiophene rings is 1. The van der Waals surface area contributed by atoms with Crippen molar-refractivity contribution in [2.24, 2.45) is 5.10 Å². The lowest BCUT2D eigenvalue weighted by atomic mass is 10.2. The van der Waals surface area contributed by atoms with Crippen molar-refractivity contribution >= 4 is 39.2 Å². The zero-order valence-corrected chi connectivity index (χ0v) is 15.4. The van der Waals surface area contributed by atoms with Crippen molar-refractivity contribution in [3.63, 3.8) is 0 Å². The van der Waals surface area contributed by atoms with Gasteiger partial charge in [-0.1, -0.05) is 18.2 Å². The van der Waals surface area contributed by atoms with Crippen molar-refractivity contribution in [1.29, 1.82) is 0 Å². The van der Waals surface area contributed by atoms with Crippen LogP contribution in [0.25, 0.3) is 0 Å². The summed E-state index contributed by atoms with van der Waals surface area (Å²) in [5, 5.41) is 5.48. The topological polar surface area (TPSA) is 87.6 Å². The van der Waals surface area contributed by atoms with Crippen LogP contribution < -0.4 is 10.1 Å². The molecule has 1 aromatic heterocycles. The van der Waals surface area contributed by atoms with Crippen molar-refractivity contribution in [2.75, 3.05) is 4.72 Å². The minimum atomic E-state index is -3.63. The van der Waals surface area contributed by atoms with Gasteiger partial charge in [-0.25, -0.2) is 18.2 Å². The molecule has 138 valence electrons. The summed E-state index contributed by atoms with van der Waals surface area (Å²) in [7, 11) is -3.63. The van der Waals surface area contributed by atoms with E-state index in [4.69, 9.17) is 0 Å². The number of carbonyl (C=O) groups is 1. The van der Waals surface area contributed by atoms with Crippen molar-refractivity contribution in [3.05, 3.63) is 83.0 Å². The van der Waals surface area contributed by atoms with Gasteiger partial charge in [0.25, 0.3) is 15.9 Å². The van der Waals surface area contributed by atoms with Crippen LogP contribution in [0.1, 0.15) is 15.9 Å². The molecule has 0 radical (unpaired) electrons. The zero-order chi connectivity index (χ0) is 19.3. The molecule has 0 aliphatic carbocycles. The highest BCUT2D eigenvalue weighted by Crippen LogP contribution is 2.20. The molecule has 0 fully saturated rings. The van der Waals surface area contributed by atoms with E-state index in [0.29, 0.717) is 16.8 Å². The number of benzene rings is 2. The fourth-order valence-corrected chi connectivity index (χ4v) is 4.14. The number of amides is 1. The third-order valence-corrected chi connectivity index (χ3v) is 6.19. The van der Waals surface area contributed by atoms with Crippen LogP contribution in [0.15, 0.2) is 75.4 Å². The Hall–Kier alpha value is -3.04. The number of nitrogens with zero attached hydrogens (tertiary/aromatic N) is 1. The third-order valence-electron chi connectivity index (χ3n) is 3.41. The van der Waals surface area contributed by atoms with Gasteiger partial charge < -0.3 is 0 Å². The summed E-state index contributed by atoms with van der Waals surface area (Å²) in [6.45, 7) is 0. The summed E-state index contributed by atoms with van der Waals surface area (Å²) in [5.74, 6) is -0.813. The Labute approximate surface area is 159 Å². The molecule has 1 heterocycles. The first-order valence-electron chi connectivity index (χ1n) is 7.69.